The Morgan fingerprint density at radius 3 is 2.19 bits per heavy atom. The van der Waals surface area contributed by atoms with Crippen LogP contribution in [0, 0.1) is 11.3 Å². The first-order valence-corrected chi connectivity index (χ1v) is 10.8. The third-order valence-electron chi connectivity index (χ3n) is 4.93. The van der Waals surface area contributed by atoms with Gasteiger partial charge in [-0.1, -0.05) is 42.5 Å². The summed E-state index contributed by atoms with van der Waals surface area (Å²) in [5.41, 5.74) is 7.17. The number of esters is 1. The molecule has 3 aromatic carbocycles. The highest BCUT2D eigenvalue weighted by atomic mass is 16.6. The molecule has 3 rings (SSSR count). The highest BCUT2D eigenvalue weighted by Gasteiger charge is 2.11. The Morgan fingerprint density at radius 2 is 1.53 bits per heavy atom. The minimum atomic E-state index is -0.843. The summed E-state index contributed by atoms with van der Waals surface area (Å²) in [5.74, 6) is 0.0487. The average molecular weight is 485 g/mol. The van der Waals surface area contributed by atoms with Crippen LogP contribution in [0.25, 0.3) is 12.2 Å². The number of carbonyl (C=O) groups is 2. The summed E-state index contributed by atoms with van der Waals surface area (Å²) in [6.07, 6.45) is 4.17. The van der Waals surface area contributed by atoms with E-state index in [9.17, 15) is 9.59 Å². The number of rotatable bonds is 10. The SMILES string of the molecule is COc1cc(/C=C/C(=O)Oc2ccc(/C=C(\C#N)C(N)=O)cc2OC)ccc1OCc1ccccc1. The Labute approximate surface area is 208 Å². The summed E-state index contributed by atoms with van der Waals surface area (Å²) in [6.45, 7) is 0.398. The first-order chi connectivity index (χ1) is 17.4. The lowest BCUT2D eigenvalue weighted by atomic mass is 10.1. The number of nitrogens with zero attached hydrogens (tertiary/aromatic N) is 1. The highest BCUT2D eigenvalue weighted by Crippen LogP contribution is 2.31. The van der Waals surface area contributed by atoms with E-state index in [1.165, 1.54) is 31.4 Å². The molecule has 36 heavy (non-hydrogen) atoms. The number of carbonyl (C=O) groups excluding carboxylic acids is 2. The Kier molecular flexibility index (Phi) is 8.84. The fourth-order valence-corrected chi connectivity index (χ4v) is 3.13. The summed E-state index contributed by atoms with van der Waals surface area (Å²) in [4.78, 5) is 23.6. The Bertz CT molecular complexity index is 1340. The molecule has 8 nitrogen and oxygen atoms in total. The maximum absolute atomic E-state index is 12.4. The maximum Gasteiger partial charge on any atom is 0.336 e. The van der Waals surface area contributed by atoms with Gasteiger partial charge in [0, 0.05) is 6.08 Å². The van der Waals surface area contributed by atoms with Crippen molar-refractivity contribution in [2.45, 2.75) is 6.61 Å². The van der Waals surface area contributed by atoms with Gasteiger partial charge < -0.3 is 24.7 Å². The van der Waals surface area contributed by atoms with Crippen molar-refractivity contribution in [3.8, 4) is 29.1 Å². The van der Waals surface area contributed by atoms with Crippen molar-refractivity contribution in [1.29, 1.82) is 5.26 Å². The van der Waals surface area contributed by atoms with Gasteiger partial charge >= 0.3 is 5.97 Å². The van der Waals surface area contributed by atoms with Crippen LogP contribution in [-0.4, -0.2) is 26.1 Å². The van der Waals surface area contributed by atoms with Gasteiger partial charge in [0.05, 0.1) is 14.2 Å². The van der Waals surface area contributed by atoms with Gasteiger partial charge in [-0.25, -0.2) is 4.79 Å². The van der Waals surface area contributed by atoms with Gasteiger partial charge in [0.1, 0.15) is 18.2 Å². The lowest BCUT2D eigenvalue weighted by Crippen LogP contribution is -2.12. The molecule has 182 valence electrons. The maximum atomic E-state index is 12.4. The van der Waals surface area contributed by atoms with Crippen LogP contribution in [0.15, 0.2) is 78.4 Å². The minimum absolute atomic E-state index is 0.170. The topological polar surface area (TPSA) is 121 Å². The second kappa shape index (κ2) is 12.4. The third-order valence-corrected chi connectivity index (χ3v) is 4.93. The predicted octanol–water partition coefficient (Wildman–Crippen LogP) is 4.29. The van der Waals surface area contributed by atoms with Crippen LogP contribution >= 0.6 is 0 Å². The highest BCUT2D eigenvalue weighted by molar-refractivity contribution is 6.00. The molecule has 0 aliphatic heterocycles. The molecule has 0 aromatic heterocycles. The average Bonchev–Trinajstić information content (AvgIpc) is 2.90. The van der Waals surface area contributed by atoms with Crippen molar-refractivity contribution >= 4 is 24.0 Å². The number of nitrogens with two attached hydrogens (primary N) is 1. The summed E-state index contributed by atoms with van der Waals surface area (Å²) in [7, 11) is 2.95. The van der Waals surface area contributed by atoms with E-state index in [4.69, 9.17) is 29.9 Å². The Balaban J connectivity index is 1.68. The van der Waals surface area contributed by atoms with E-state index in [1.807, 2.05) is 30.3 Å². The van der Waals surface area contributed by atoms with E-state index < -0.39 is 11.9 Å². The van der Waals surface area contributed by atoms with Crippen LogP contribution < -0.4 is 24.7 Å². The molecule has 0 saturated heterocycles. The van der Waals surface area contributed by atoms with Gasteiger partial charge in [-0.15, -0.1) is 0 Å². The first-order valence-electron chi connectivity index (χ1n) is 10.8. The molecule has 2 N–H and O–H groups in total. The molecule has 0 saturated carbocycles. The van der Waals surface area contributed by atoms with E-state index in [-0.39, 0.29) is 17.1 Å². The summed E-state index contributed by atoms with van der Waals surface area (Å²) in [5, 5.41) is 8.99. The van der Waals surface area contributed by atoms with Gasteiger partial charge in [-0.05, 0) is 53.1 Å². The molecule has 0 unspecified atom stereocenters. The van der Waals surface area contributed by atoms with Crippen molar-refractivity contribution in [1.82, 2.24) is 0 Å². The van der Waals surface area contributed by atoms with Crippen molar-refractivity contribution in [3.63, 3.8) is 0 Å². The normalized spacial score (nSPS) is 11.0. The Morgan fingerprint density at radius 1 is 0.889 bits per heavy atom. The summed E-state index contributed by atoms with van der Waals surface area (Å²) < 4.78 is 21.9. The standard InChI is InChI=1S/C28H24N2O6/c1-33-25-15-19(8-11-23(25)35-18-20-6-4-3-5-7-20)10-13-27(31)36-24-12-9-21(16-26(24)34-2)14-22(17-29)28(30)32/h3-16H,18H2,1-2H3,(H2,30,32)/b13-10+,22-14+. The van der Waals surface area contributed by atoms with Crippen molar-refractivity contribution in [2.24, 2.45) is 5.73 Å². The smallest absolute Gasteiger partial charge is 0.336 e. The Hall–Kier alpha value is -5.03. The number of ether oxygens (including phenoxy) is 4. The zero-order valence-corrected chi connectivity index (χ0v) is 19.8. The van der Waals surface area contributed by atoms with Crippen LogP contribution in [0.2, 0.25) is 0 Å². The molecule has 0 atom stereocenters. The molecular weight excluding hydrogens is 460 g/mol. The van der Waals surface area contributed by atoms with E-state index in [2.05, 4.69) is 0 Å². The molecule has 0 fully saturated rings. The number of primary amides is 1. The molecule has 3 aromatic rings. The second-order valence-electron chi connectivity index (χ2n) is 7.38. The molecule has 0 radical (unpaired) electrons. The van der Waals surface area contributed by atoms with E-state index in [0.29, 0.717) is 29.2 Å². The lowest BCUT2D eigenvalue weighted by Gasteiger charge is -2.11. The van der Waals surface area contributed by atoms with Gasteiger partial charge in [0.15, 0.2) is 23.0 Å². The quantitative estimate of drug-likeness (QED) is 0.197. The number of benzene rings is 3. The van der Waals surface area contributed by atoms with Crippen molar-refractivity contribution in [2.75, 3.05) is 14.2 Å². The lowest BCUT2D eigenvalue weighted by molar-refractivity contribution is -0.129. The summed E-state index contributed by atoms with van der Waals surface area (Å²) in [6, 6.07) is 21.4. The van der Waals surface area contributed by atoms with Crippen LogP contribution in [0.4, 0.5) is 0 Å². The first kappa shape index (κ1) is 25.6. The zero-order valence-electron chi connectivity index (χ0n) is 19.8. The number of amides is 1. The molecular formula is C28H24N2O6. The van der Waals surface area contributed by atoms with Crippen LogP contribution in [0.3, 0.4) is 0 Å². The van der Waals surface area contributed by atoms with Crippen LogP contribution in [-0.2, 0) is 16.2 Å². The summed E-state index contributed by atoms with van der Waals surface area (Å²) >= 11 is 0. The van der Waals surface area contributed by atoms with E-state index >= 15 is 0 Å². The molecule has 0 aliphatic carbocycles. The fraction of sp³-hybridized carbons (Fsp3) is 0.107. The fourth-order valence-electron chi connectivity index (χ4n) is 3.13. The number of methoxy groups -OCH3 is 2. The molecule has 1 amide bonds. The third kappa shape index (κ3) is 6.98. The zero-order chi connectivity index (χ0) is 25.9. The van der Waals surface area contributed by atoms with Gasteiger partial charge in [-0.2, -0.15) is 5.26 Å². The largest absolute Gasteiger partial charge is 0.493 e. The monoisotopic (exact) mass is 484 g/mol. The second-order valence-corrected chi connectivity index (χ2v) is 7.38. The molecule has 8 heteroatoms. The van der Waals surface area contributed by atoms with Gasteiger partial charge in [0.25, 0.3) is 5.91 Å². The molecule has 0 aliphatic rings. The minimum Gasteiger partial charge on any atom is -0.493 e. The van der Waals surface area contributed by atoms with Gasteiger partial charge in [0.2, 0.25) is 0 Å². The van der Waals surface area contributed by atoms with Crippen LogP contribution in [0.5, 0.6) is 23.0 Å². The van der Waals surface area contributed by atoms with Crippen molar-refractivity contribution < 1.29 is 28.5 Å². The molecule has 0 bridgehead atoms. The molecule has 0 spiro atoms. The molecule has 0 heterocycles. The predicted molar refractivity (Wildman–Crippen MR) is 134 cm³/mol. The van der Waals surface area contributed by atoms with Crippen LogP contribution in [0.1, 0.15) is 16.7 Å². The van der Waals surface area contributed by atoms with Gasteiger partial charge in [-0.3, -0.25) is 4.79 Å². The number of hydrogen-bond donors (Lipinski definition) is 1. The van der Waals surface area contributed by atoms with Crippen molar-refractivity contribution in [3.05, 3.63) is 95.1 Å². The number of hydrogen-bond acceptors (Lipinski definition) is 7. The van der Waals surface area contributed by atoms with E-state index in [1.54, 1.807) is 43.5 Å². The van der Waals surface area contributed by atoms with E-state index in [0.717, 1.165) is 5.56 Å². The number of nitriles is 1.